The normalized spacial score (nSPS) is 12.6. The summed E-state index contributed by atoms with van der Waals surface area (Å²) in [4.78, 5) is 1.35. The van der Waals surface area contributed by atoms with E-state index in [4.69, 9.17) is 11.6 Å². The Morgan fingerprint density at radius 2 is 2.24 bits per heavy atom. The summed E-state index contributed by atoms with van der Waals surface area (Å²) in [5, 5.41) is 6.36. The van der Waals surface area contributed by atoms with Gasteiger partial charge in [-0.25, -0.2) is 0 Å². The molecule has 0 spiro atoms. The molecule has 0 aliphatic carbocycles. The molecule has 1 unspecified atom stereocenters. The maximum atomic E-state index is 5.99. The van der Waals surface area contributed by atoms with Crippen LogP contribution in [0.5, 0.6) is 0 Å². The van der Waals surface area contributed by atoms with E-state index in [0.717, 1.165) is 16.0 Å². The average Bonchev–Trinajstić information content (AvgIpc) is 2.83. The molecule has 0 fully saturated rings. The second-order valence-corrected chi connectivity index (χ2v) is 6.12. The first kappa shape index (κ1) is 13.1. The van der Waals surface area contributed by atoms with Gasteiger partial charge < -0.3 is 5.32 Å². The molecule has 0 saturated carbocycles. The van der Waals surface area contributed by atoms with Gasteiger partial charge in [0.1, 0.15) is 0 Å². The first-order chi connectivity index (χ1) is 8.16. The van der Waals surface area contributed by atoms with Gasteiger partial charge in [0.05, 0.1) is 0 Å². The zero-order chi connectivity index (χ0) is 12.3. The fraction of sp³-hybridized carbons (Fsp3) is 0.231. The standard InChI is InChI=1S/C13H13BrClNS/c1-9(13-3-2-6-17-13)16-8-10-7-11(15)4-5-12(10)14/h2-7,9,16H,8H2,1H3. The Hall–Kier alpha value is -0.350. The molecule has 1 N–H and O–H groups in total. The Balaban J connectivity index is 2.00. The fourth-order valence-electron chi connectivity index (χ4n) is 1.58. The number of benzene rings is 1. The highest BCUT2D eigenvalue weighted by Gasteiger charge is 2.07. The molecular formula is C13H13BrClNS. The first-order valence-electron chi connectivity index (χ1n) is 5.37. The average molecular weight is 331 g/mol. The van der Waals surface area contributed by atoms with Crippen molar-refractivity contribution in [1.29, 1.82) is 0 Å². The minimum Gasteiger partial charge on any atom is -0.305 e. The summed E-state index contributed by atoms with van der Waals surface area (Å²) < 4.78 is 1.09. The van der Waals surface area contributed by atoms with E-state index in [1.165, 1.54) is 10.4 Å². The maximum absolute atomic E-state index is 5.99. The lowest BCUT2D eigenvalue weighted by Gasteiger charge is -2.13. The van der Waals surface area contributed by atoms with Crippen molar-refractivity contribution < 1.29 is 0 Å². The van der Waals surface area contributed by atoms with Crippen LogP contribution < -0.4 is 5.32 Å². The van der Waals surface area contributed by atoms with Crippen LogP contribution in [0.1, 0.15) is 23.4 Å². The van der Waals surface area contributed by atoms with Gasteiger partial charge in [-0.05, 0) is 42.1 Å². The van der Waals surface area contributed by atoms with Crippen molar-refractivity contribution in [3.63, 3.8) is 0 Å². The van der Waals surface area contributed by atoms with Gasteiger partial charge in [-0.15, -0.1) is 11.3 Å². The molecule has 17 heavy (non-hydrogen) atoms. The molecule has 1 heterocycles. The molecule has 1 aromatic heterocycles. The molecule has 4 heteroatoms. The lowest BCUT2D eigenvalue weighted by molar-refractivity contribution is 0.582. The summed E-state index contributed by atoms with van der Waals surface area (Å²) in [5.41, 5.74) is 1.18. The lowest BCUT2D eigenvalue weighted by atomic mass is 10.2. The summed E-state index contributed by atoms with van der Waals surface area (Å²) in [5.74, 6) is 0. The molecule has 90 valence electrons. The van der Waals surface area contributed by atoms with Crippen molar-refractivity contribution >= 4 is 38.9 Å². The van der Waals surface area contributed by atoms with Gasteiger partial charge in [-0.2, -0.15) is 0 Å². The van der Waals surface area contributed by atoms with Crippen molar-refractivity contribution in [2.45, 2.75) is 19.5 Å². The Labute approximate surface area is 119 Å². The summed E-state index contributed by atoms with van der Waals surface area (Å²) in [7, 11) is 0. The van der Waals surface area contributed by atoms with Crippen LogP contribution >= 0.6 is 38.9 Å². The molecule has 2 rings (SSSR count). The van der Waals surface area contributed by atoms with Gasteiger partial charge in [-0.3, -0.25) is 0 Å². The minimum absolute atomic E-state index is 0.362. The maximum Gasteiger partial charge on any atom is 0.0410 e. The van der Waals surface area contributed by atoms with Crippen LogP contribution in [0.4, 0.5) is 0 Å². The SMILES string of the molecule is CC(NCc1cc(Cl)ccc1Br)c1cccs1. The molecular weight excluding hydrogens is 318 g/mol. The molecule has 0 aliphatic rings. The summed E-state index contributed by atoms with van der Waals surface area (Å²) in [6.45, 7) is 2.98. The number of rotatable bonds is 4. The quantitative estimate of drug-likeness (QED) is 0.830. The van der Waals surface area contributed by atoms with Gasteiger partial charge >= 0.3 is 0 Å². The predicted molar refractivity (Wildman–Crippen MR) is 78.7 cm³/mol. The monoisotopic (exact) mass is 329 g/mol. The molecule has 0 aliphatic heterocycles. The smallest absolute Gasteiger partial charge is 0.0410 e. The van der Waals surface area contributed by atoms with Crippen LogP contribution in [-0.2, 0) is 6.54 Å². The zero-order valence-corrected chi connectivity index (χ0v) is 12.6. The highest BCUT2D eigenvalue weighted by atomic mass is 79.9. The summed E-state index contributed by atoms with van der Waals surface area (Å²) in [6.07, 6.45) is 0. The molecule has 1 aromatic carbocycles. The van der Waals surface area contributed by atoms with Crippen LogP contribution in [-0.4, -0.2) is 0 Å². The van der Waals surface area contributed by atoms with E-state index in [9.17, 15) is 0 Å². The van der Waals surface area contributed by atoms with Gasteiger partial charge in [0.15, 0.2) is 0 Å². The molecule has 1 atom stereocenters. The second-order valence-electron chi connectivity index (χ2n) is 3.85. The van der Waals surface area contributed by atoms with Gasteiger partial charge in [0.2, 0.25) is 0 Å². The Morgan fingerprint density at radius 1 is 1.41 bits per heavy atom. The van der Waals surface area contributed by atoms with Crippen molar-refractivity contribution in [2.75, 3.05) is 0 Å². The van der Waals surface area contributed by atoms with E-state index in [1.54, 1.807) is 11.3 Å². The number of halogens is 2. The topological polar surface area (TPSA) is 12.0 Å². The molecule has 0 amide bonds. The van der Waals surface area contributed by atoms with E-state index in [2.05, 4.69) is 45.7 Å². The third-order valence-corrected chi connectivity index (χ3v) is 4.64. The minimum atomic E-state index is 0.362. The lowest BCUT2D eigenvalue weighted by Crippen LogP contribution is -2.17. The Kier molecular flexibility index (Phi) is 4.62. The summed E-state index contributed by atoms with van der Waals surface area (Å²) >= 11 is 11.3. The predicted octanol–water partition coefficient (Wildman–Crippen LogP) is 5.01. The number of nitrogens with one attached hydrogen (secondary N) is 1. The Bertz CT molecular complexity index is 484. The molecule has 0 bridgehead atoms. The van der Waals surface area contributed by atoms with Crippen molar-refractivity contribution in [1.82, 2.24) is 5.32 Å². The van der Waals surface area contributed by atoms with Crippen molar-refractivity contribution in [3.8, 4) is 0 Å². The summed E-state index contributed by atoms with van der Waals surface area (Å²) in [6, 6.07) is 10.4. The second kappa shape index (κ2) is 6.01. The van der Waals surface area contributed by atoms with Gasteiger partial charge in [-0.1, -0.05) is 33.6 Å². The van der Waals surface area contributed by atoms with Crippen LogP contribution in [0.25, 0.3) is 0 Å². The first-order valence-corrected chi connectivity index (χ1v) is 7.42. The van der Waals surface area contributed by atoms with Crippen molar-refractivity contribution in [2.24, 2.45) is 0 Å². The van der Waals surface area contributed by atoms with Crippen molar-refractivity contribution in [3.05, 3.63) is 55.6 Å². The van der Waals surface area contributed by atoms with Crippen LogP contribution in [0.3, 0.4) is 0 Å². The molecule has 0 saturated heterocycles. The van der Waals surface area contributed by atoms with E-state index in [-0.39, 0.29) is 0 Å². The van der Waals surface area contributed by atoms with Crippen LogP contribution in [0, 0.1) is 0 Å². The largest absolute Gasteiger partial charge is 0.305 e. The molecule has 2 aromatic rings. The third kappa shape index (κ3) is 3.55. The van der Waals surface area contributed by atoms with E-state index < -0.39 is 0 Å². The highest BCUT2D eigenvalue weighted by Crippen LogP contribution is 2.23. The van der Waals surface area contributed by atoms with Gasteiger partial charge in [0.25, 0.3) is 0 Å². The molecule has 1 nitrogen and oxygen atoms in total. The molecule has 0 radical (unpaired) electrons. The van der Waals surface area contributed by atoms with Crippen LogP contribution in [0.15, 0.2) is 40.2 Å². The highest BCUT2D eigenvalue weighted by molar-refractivity contribution is 9.10. The van der Waals surface area contributed by atoms with Crippen LogP contribution in [0.2, 0.25) is 5.02 Å². The zero-order valence-electron chi connectivity index (χ0n) is 9.41. The van der Waals surface area contributed by atoms with E-state index >= 15 is 0 Å². The number of hydrogen-bond acceptors (Lipinski definition) is 2. The van der Waals surface area contributed by atoms with E-state index in [1.807, 2.05) is 18.2 Å². The fourth-order valence-corrected chi connectivity index (χ4v) is 2.92. The van der Waals surface area contributed by atoms with Gasteiger partial charge in [0, 0.05) is 27.0 Å². The number of hydrogen-bond donors (Lipinski definition) is 1. The number of thiophene rings is 1. The Morgan fingerprint density at radius 3 is 2.94 bits per heavy atom. The van der Waals surface area contributed by atoms with E-state index in [0.29, 0.717) is 6.04 Å². The third-order valence-electron chi connectivity index (χ3n) is 2.58.